The van der Waals surface area contributed by atoms with E-state index in [2.05, 4.69) is 0 Å². The van der Waals surface area contributed by atoms with Crippen molar-refractivity contribution in [3.05, 3.63) is 29.3 Å². The molecule has 0 spiro atoms. The van der Waals surface area contributed by atoms with Crippen LogP contribution in [0.5, 0.6) is 5.75 Å². The first-order valence-corrected chi connectivity index (χ1v) is 6.26. The fraction of sp³-hybridized carbons (Fsp3) is 0.462. The second kappa shape index (κ2) is 5.80. The molecule has 2 rings (SSSR count). The number of aliphatic hydroxyl groups excluding tert-OH is 1. The molecule has 1 aromatic rings. The number of hydrogen-bond donors (Lipinski definition) is 2. The molecule has 1 atom stereocenters. The highest BCUT2D eigenvalue weighted by atomic mass is 19.4. The molecule has 0 aliphatic carbocycles. The molecule has 1 fully saturated rings. The first kappa shape index (κ1) is 15.4. The Balaban J connectivity index is 2.12. The minimum Gasteiger partial charge on any atom is -0.488 e. The number of likely N-dealkylation sites (tertiary alicyclic amines) is 1. The van der Waals surface area contributed by atoms with Crippen molar-refractivity contribution in [3.63, 3.8) is 0 Å². The lowest BCUT2D eigenvalue weighted by Crippen LogP contribution is -2.29. The Bertz CT molecular complexity index is 533. The summed E-state index contributed by atoms with van der Waals surface area (Å²) in [6.07, 6.45) is -5.52. The second-order valence-electron chi connectivity index (χ2n) is 4.74. The molecule has 1 saturated heterocycles. The molecule has 1 aliphatic rings. The van der Waals surface area contributed by atoms with Crippen LogP contribution in [0.1, 0.15) is 17.5 Å². The number of halogens is 3. The van der Waals surface area contributed by atoms with Gasteiger partial charge in [-0.15, -0.1) is 0 Å². The van der Waals surface area contributed by atoms with Crippen molar-refractivity contribution in [1.82, 2.24) is 4.90 Å². The number of alkyl halides is 3. The summed E-state index contributed by atoms with van der Waals surface area (Å²) < 4.78 is 43.3. The molecule has 1 aliphatic heterocycles. The van der Waals surface area contributed by atoms with Gasteiger partial charge in [0.15, 0.2) is 0 Å². The van der Waals surface area contributed by atoms with Gasteiger partial charge in [0.2, 0.25) is 0 Å². The first-order valence-electron chi connectivity index (χ1n) is 6.26. The van der Waals surface area contributed by atoms with Crippen molar-refractivity contribution in [2.45, 2.75) is 25.3 Å². The van der Waals surface area contributed by atoms with E-state index in [9.17, 15) is 23.1 Å². The number of rotatable bonds is 3. The van der Waals surface area contributed by atoms with Crippen LogP contribution in [0.15, 0.2) is 18.2 Å². The zero-order valence-corrected chi connectivity index (χ0v) is 10.9. The van der Waals surface area contributed by atoms with Gasteiger partial charge >= 0.3 is 12.3 Å². The lowest BCUT2D eigenvalue weighted by atomic mass is 10.1. The number of carboxylic acid groups (broad SMARTS) is 1. The summed E-state index contributed by atoms with van der Waals surface area (Å²) in [5.74, 6) is 0.141. The topological polar surface area (TPSA) is 70.0 Å². The van der Waals surface area contributed by atoms with Crippen molar-refractivity contribution in [3.8, 4) is 5.75 Å². The maximum Gasteiger partial charge on any atom is 0.416 e. The molecule has 0 saturated carbocycles. The monoisotopic (exact) mass is 305 g/mol. The largest absolute Gasteiger partial charge is 0.488 e. The van der Waals surface area contributed by atoms with Gasteiger partial charge < -0.3 is 19.8 Å². The third-order valence-corrected chi connectivity index (χ3v) is 3.27. The molecule has 2 N–H and O–H groups in total. The summed E-state index contributed by atoms with van der Waals surface area (Å²) >= 11 is 0. The molecule has 21 heavy (non-hydrogen) atoms. The van der Waals surface area contributed by atoms with E-state index >= 15 is 0 Å². The quantitative estimate of drug-likeness (QED) is 0.899. The number of benzene rings is 1. The van der Waals surface area contributed by atoms with Gasteiger partial charge in [0.1, 0.15) is 11.9 Å². The Labute approximate surface area is 118 Å². The average Bonchev–Trinajstić information content (AvgIpc) is 2.86. The van der Waals surface area contributed by atoms with E-state index in [1.54, 1.807) is 0 Å². The van der Waals surface area contributed by atoms with Crippen molar-refractivity contribution in [2.24, 2.45) is 0 Å². The van der Waals surface area contributed by atoms with Crippen molar-refractivity contribution in [1.29, 1.82) is 0 Å². The zero-order chi connectivity index (χ0) is 15.6. The Morgan fingerprint density at radius 3 is 2.67 bits per heavy atom. The molecule has 0 aromatic heterocycles. The van der Waals surface area contributed by atoms with Crippen LogP contribution in [-0.4, -0.2) is 40.4 Å². The fourth-order valence-electron chi connectivity index (χ4n) is 2.17. The minimum atomic E-state index is -4.49. The number of aliphatic hydroxyl groups is 1. The number of hydrogen-bond acceptors (Lipinski definition) is 3. The van der Waals surface area contributed by atoms with Gasteiger partial charge in [0.05, 0.1) is 18.7 Å². The van der Waals surface area contributed by atoms with Crippen LogP contribution in [0.25, 0.3) is 0 Å². The van der Waals surface area contributed by atoms with Crippen molar-refractivity contribution >= 4 is 6.09 Å². The molecular formula is C13H14F3NO4. The Morgan fingerprint density at radius 1 is 1.43 bits per heavy atom. The molecule has 1 unspecified atom stereocenters. The maximum absolute atomic E-state index is 12.6. The van der Waals surface area contributed by atoms with Crippen molar-refractivity contribution in [2.75, 3.05) is 13.1 Å². The summed E-state index contributed by atoms with van der Waals surface area (Å²) in [6, 6.07) is 2.86. The number of amides is 1. The van der Waals surface area contributed by atoms with Gasteiger partial charge in [-0.25, -0.2) is 4.79 Å². The predicted octanol–water partition coefficient (Wildman–Crippen LogP) is 2.33. The third kappa shape index (κ3) is 3.57. The molecule has 0 radical (unpaired) electrons. The number of ether oxygens (including phenoxy) is 1. The van der Waals surface area contributed by atoms with E-state index in [1.807, 2.05) is 0 Å². The minimum absolute atomic E-state index is 0.0265. The van der Waals surface area contributed by atoms with Gasteiger partial charge in [0, 0.05) is 18.5 Å². The van der Waals surface area contributed by atoms with Crippen LogP contribution >= 0.6 is 0 Å². The fourth-order valence-corrected chi connectivity index (χ4v) is 2.17. The second-order valence-corrected chi connectivity index (χ2v) is 4.74. The average molecular weight is 305 g/mol. The van der Waals surface area contributed by atoms with Gasteiger partial charge in [-0.1, -0.05) is 0 Å². The Hall–Kier alpha value is -1.96. The summed E-state index contributed by atoms with van der Waals surface area (Å²) in [7, 11) is 0. The van der Waals surface area contributed by atoms with E-state index in [4.69, 9.17) is 9.84 Å². The van der Waals surface area contributed by atoms with Crippen LogP contribution < -0.4 is 4.74 Å². The normalized spacial score (nSPS) is 18.9. The smallest absolute Gasteiger partial charge is 0.416 e. The van der Waals surface area contributed by atoms with E-state index in [0.717, 1.165) is 18.2 Å². The number of nitrogens with zero attached hydrogens (tertiary/aromatic N) is 1. The highest BCUT2D eigenvalue weighted by molar-refractivity contribution is 5.65. The van der Waals surface area contributed by atoms with E-state index in [-0.39, 0.29) is 17.9 Å². The lowest BCUT2D eigenvalue weighted by Gasteiger charge is -2.18. The van der Waals surface area contributed by atoms with E-state index in [1.165, 1.54) is 4.90 Å². The highest BCUT2D eigenvalue weighted by Gasteiger charge is 2.32. The summed E-state index contributed by atoms with van der Waals surface area (Å²) in [6.45, 7) is -0.120. The van der Waals surface area contributed by atoms with Crippen LogP contribution in [-0.2, 0) is 12.8 Å². The van der Waals surface area contributed by atoms with Crippen LogP contribution in [0.3, 0.4) is 0 Å². The van der Waals surface area contributed by atoms with Crippen molar-refractivity contribution < 1.29 is 32.9 Å². The summed E-state index contributed by atoms with van der Waals surface area (Å²) in [5, 5.41) is 18.0. The maximum atomic E-state index is 12.6. The van der Waals surface area contributed by atoms with Gasteiger partial charge in [-0.3, -0.25) is 0 Å². The number of carbonyl (C=O) groups is 1. The molecule has 8 heteroatoms. The summed E-state index contributed by atoms with van der Waals surface area (Å²) in [4.78, 5) is 12.0. The Kier molecular flexibility index (Phi) is 4.26. The summed E-state index contributed by atoms with van der Waals surface area (Å²) in [5.41, 5.74) is -0.837. The van der Waals surface area contributed by atoms with E-state index < -0.39 is 30.5 Å². The molecule has 116 valence electrons. The van der Waals surface area contributed by atoms with E-state index in [0.29, 0.717) is 13.0 Å². The lowest BCUT2D eigenvalue weighted by molar-refractivity contribution is -0.137. The highest BCUT2D eigenvalue weighted by Crippen LogP contribution is 2.33. The molecule has 1 aromatic carbocycles. The van der Waals surface area contributed by atoms with Crippen LogP contribution in [0.4, 0.5) is 18.0 Å². The van der Waals surface area contributed by atoms with Gasteiger partial charge in [-0.05, 0) is 18.2 Å². The van der Waals surface area contributed by atoms with Crippen LogP contribution in [0, 0.1) is 0 Å². The molecule has 0 bridgehead atoms. The standard InChI is InChI=1S/C13H14F3NO4/c14-13(15,16)9-1-2-11(8(5-9)7-18)21-10-3-4-17(6-10)12(19)20/h1-2,5,10,18H,3-4,6-7H2,(H,19,20). The predicted molar refractivity (Wildman–Crippen MR) is 66.0 cm³/mol. The molecule has 1 amide bonds. The molecular weight excluding hydrogens is 291 g/mol. The molecule has 1 heterocycles. The van der Waals surface area contributed by atoms with Gasteiger partial charge in [0.25, 0.3) is 0 Å². The SMILES string of the molecule is O=C(O)N1CCC(Oc2ccc(C(F)(F)F)cc2CO)C1. The first-order chi connectivity index (χ1) is 9.81. The third-order valence-electron chi connectivity index (χ3n) is 3.27. The van der Waals surface area contributed by atoms with Gasteiger partial charge in [-0.2, -0.15) is 13.2 Å². The molecule has 5 nitrogen and oxygen atoms in total. The Morgan fingerprint density at radius 2 is 2.14 bits per heavy atom. The zero-order valence-electron chi connectivity index (χ0n) is 10.9. The van der Waals surface area contributed by atoms with Crippen LogP contribution in [0.2, 0.25) is 0 Å².